The van der Waals surface area contributed by atoms with Crippen molar-refractivity contribution in [3.05, 3.63) is 18.1 Å². The zero-order valence-corrected chi connectivity index (χ0v) is 29.6. The van der Waals surface area contributed by atoms with E-state index in [9.17, 15) is 15.0 Å². The zero-order chi connectivity index (χ0) is 32.6. The van der Waals surface area contributed by atoms with Gasteiger partial charge in [-0.3, -0.25) is 4.79 Å². The third kappa shape index (κ3) is 4.29. The highest BCUT2D eigenvalue weighted by Gasteiger charge is 2.85. The minimum atomic E-state index is -0.636. The molecule has 0 aromatic rings. The Labute approximate surface area is 277 Å². The standard InChI is InChI=1S/C39H60NO6/c1-22(2)32(42)25-18-23(3)31-33(45-25)34(43)37(7)27-11-10-26-35(4,5)28(12-13-38(26)21-39(27,38)15-14-36(31,37)6)46-30-20-40(16-17-44-30)29(41)19-24-8-9-24/h22-24,26,28,30-32,34,42-43H,8-21H2,1-7H3/t23-,26+,28?,30+,31+,32-,34+,36-,37-,38-,39+/m1/s1. The summed E-state index contributed by atoms with van der Waals surface area (Å²) >= 11 is 0. The third-order valence-electron chi connectivity index (χ3n) is 15.8. The van der Waals surface area contributed by atoms with Crippen molar-refractivity contribution in [1.82, 2.24) is 4.90 Å². The number of hydrogen-bond acceptors (Lipinski definition) is 6. The van der Waals surface area contributed by atoms with E-state index in [-0.39, 0.29) is 57.2 Å². The monoisotopic (exact) mass is 638 g/mol. The highest BCUT2D eigenvalue weighted by Crippen LogP contribution is 2.90. The predicted octanol–water partition coefficient (Wildman–Crippen LogP) is 6.47. The molecule has 0 aromatic heterocycles. The van der Waals surface area contributed by atoms with Crippen LogP contribution in [0.25, 0.3) is 0 Å². The quantitative estimate of drug-likeness (QED) is 0.347. The first-order chi connectivity index (χ1) is 21.7. The van der Waals surface area contributed by atoms with Gasteiger partial charge in [-0.25, -0.2) is 0 Å². The van der Waals surface area contributed by atoms with Crippen LogP contribution in [0.1, 0.15) is 119 Å². The van der Waals surface area contributed by atoms with Crippen molar-refractivity contribution in [3.8, 4) is 0 Å². The lowest BCUT2D eigenvalue weighted by molar-refractivity contribution is -0.242. The Balaban J connectivity index is 1.01. The van der Waals surface area contributed by atoms with Crippen LogP contribution in [0.2, 0.25) is 0 Å². The van der Waals surface area contributed by atoms with Crippen molar-refractivity contribution in [2.45, 2.75) is 144 Å². The second-order valence-corrected chi connectivity index (χ2v) is 18.6. The molecule has 8 aliphatic rings. The molecule has 2 aliphatic heterocycles. The molecule has 6 aliphatic carbocycles. The normalized spacial score (nSPS) is 49.5. The molecule has 2 heterocycles. The summed E-state index contributed by atoms with van der Waals surface area (Å²) in [7, 11) is 0. The molecule has 1 amide bonds. The number of hydrogen-bond donors (Lipinski definition) is 2. The molecule has 1 unspecified atom stereocenters. The number of amides is 1. The first kappa shape index (κ1) is 32.5. The number of ether oxygens (including phenoxy) is 3. The Kier molecular flexibility index (Phi) is 7.51. The van der Waals surface area contributed by atoms with Crippen LogP contribution in [0.15, 0.2) is 0 Å². The highest BCUT2D eigenvalue weighted by atomic mass is 16.7. The first-order valence-corrected chi connectivity index (χ1v) is 18.9. The lowest BCUT2D eigenvalue weighted by Crippen LogP contribution is -2.59. The molecule has 3 radical (unpaired) electrons. The molecule has 257 valence electrons. The van der Waals surface area contributed by atoms with E-state index in [0.717, 1.165) is 44.3 Å². The summed E-state index contributed by atoms with van der Waals surface area (Å²) in [5, 5.41) is 23.3. The Hall–Kier alpha value is -0.730. The molecule has 2 spiro atoms. The van der Waals surface area contributed by atoms with Gasteiger partial charge >= 0.3 is 0 Å². The van der Waals surface area contributed by atoms with Crippen LogP contribution in [-0.2, 0) is 19.0 Å². The van der Waals surface area contributed by atoms with Crippen LogP contribution in [0, 0.1) is 74.8 Å². The molecule has 7 nitrogen and oxygen atoms in total. The summed E-state index contributed by atoms with van der Waals surface area (Å²) in [6, 6.07) is 0. The maximum Gasteiger partial charge on any atom is 0.223 e. The van der Waals surface area contributed by atoms with Gasteiger partial charge in [-0.1, -0.05) is 48.5 Å². The maximum absolute atomic E-state index is 12.9. The zero-order valence-electron chi connectivity index (χ0n) is 29.6. The van der Waals surface area contributed by atoms with Crippen molar-refractivity contribution in [3.63, 3.8) is 0 Å². The molecule has 0 bridgehead atoms. The van der Waals surface area contributed by atoms with Crippen LogP contribution in [0.3, 0.4) is 0 Å². The van der Waals surface area contributed by atoms with Crippen LogP contribution < -0.4 is 0 Å². The van der Waals surface area contributed by atoms with Gasteiger partial charge < -0.3 is 29.3 Å². The average Bonchev–Trinajstić information content (AvgIpc) is 3.93. The molecule has 2 N–H and O–H groups in total. The summed E-state index contributed by atoms with van der Waals surface area (Å²) in [5.41, 5.74) is 0.107. The number of carbonyl (C=O) groups excluding carboxylic acids is 1. The topological polar surface area (TPSA) is 88.5 Å². The fraction of sp³-hybridized carbons (Fsp3) is 0.897. The van der Waals surface area contributed by atoms with E-state index < -0.39 is 12.2 Å². The summed E-state index contributed by atoms with van der Waals surface area (Å²) in [6.45, 7) is 17.9. The molecule has 0 aromatic carbocycles. The van der Waals surface area contributed by atoms with E-state index in [0.29, 0.717) is 43.9 Å². The minimum absolute atomic E-state index is 0.00406. The largest absolute Gasteiger partial charge is 0.390 e. The number of carbonyl (C=O) groups is 1. The van der Waals surface area contributed by atoms with Gasteiger partial charge in [0.05, 0.1) is 31.5 Å². The van der Waals surface area contributed by atoms with E-state index in [1.54, 1.807) is 5.92 Å². The Morgan fingerprint density at radius 1 is 1.09 bits per heavy atom. The predicted molar refractivity (Wildman–Crippen MR) is 174 cm³/mol. The number of nitrogens with zero attached hydrogens (tertiary/aromatic N) is 1. The molecule has 7 heteroatoms. The van der Waals surface area contributed by atoms with Gasteiger partial charge in [0.2, 0.25) is 5.91 Å². The fourth-order valence-corrected chi connectivity index (χ4v) is 13.0. The Bertz CT molecular complexity index is 1220. The van der Waals surface area contributed by atoms with E-state index in [4.69, 9.17) is 14.2 Å². The van der Waals surface area contributed by atoms with E-state index >= 15 is 0 Å². The Morgan fingerprint density at radius 3 is 2.57 bits per heavy atom. The van der Waals surface area contributed by atoms with Crippen molar-refractivity contribution < 1.29 is 29.2 Å². The molecular formula is C39H60NO6. The van der Waals surface area contributed by atoms with Crippen LogP contribution in [-0.4, -0.2) is 65.3 Å². The van der Waals surface area contributed by atoms with Crippen LogP contribution >= 0.6 is 0 Å². The number of morpholine rings is 1. The number of rotatable bonds is 6. The Morgan fingerprint density at radius 2 is 1.85 bits per heavy atom. The summed E-state index contributed by atoms with van der Waals surface area (Å²) in [6.07, 6.45) is 11.9. The second-order valence-electron chi connectivity index (χ2n) is 18.6. The number of aliphatic hydroxyl groups is 2. The SMILES string of the molecule is CC(C)[C@@H](O)[C]1C[C@@H](C)[C@H]2[C](O1)[C@H](O)[C@@]1(C)[C]3CC[C@H]4C(C)(C)C(O[C@H]5CN(C(=O)CC6CC6)CCO5)CC[C@@]45C[C@@]35CC[C@]21C. The van der Waals surface area contributed by atoms with Crippen LogP contribution in [0.5, 0.6) is 0 Å². The third-order valence-corrected chi connectivity index (χ3v) is 15.8. The van der Waals surface area contributed by atoms with Crippen LogP contribution in [0.4, 0.5) is 0 Å². The van der Waals surface area contributed by atoms with Gasteiger partial charge in [0, 0.05) is 24.3 Å². The first-order valence-electron chi connectivity index (χ1n) is 18.9. The van der Waals surface area contributed by atoms with Gasteiger partial charge in [0.25, 0.3) is 0 Å². The smallest absolute Gasteiger partial charge is 0.223 e. The maximum atomic E-state index is 12.9. The highest BCUT2D eigenvalue weighted by molar-refractivity contribution is 5.76. The van der Waals surface area contributed by atoms with Crippen molar-refractivity contribution in [2.75, 3.05) is 19.7 Å². The van der Waals surface area contributed by atoms with E-state index in [1.165, 1.54) is 32.1 Å². The van der Waals surface area contributed by atoms with Crippen molar-refractivity contribution in [1.29, 1.82) is 0 Å². The number of fused-ring (bicyclic) bond motifs is 4. The molecular weight excluding hydrogens is 578 g/mol. The lowest BCUT2D eigenvalue weighted by atomic mass is 9.41. The summed E-state index contributed by atoms with van der Waals surface area (Å²) < 4.78 is 19.6. The van der Waals surface area contributed by atoms with Gasteiger partial charge in [0.15, 0.2) is 6.29 Å². The molecule has 8 fully saturated rings. The average molecular weight is 639 g/mol. The van der Waals surface area contributed by atoms with E-state index in [2.05, 4.69) is 34.6 Å². The van der Waals surface area contributed by atoms with Crippen molar-refractivity contribution >= 4 is 5.91 Å². The molecule has 11 atom stereocenters. The van der Waals surface area contributed by atoms with Gasteiger partial charge in [-0.2, -0.15) is 0 Å². The summed E-state index contributed by atoms with van der Waals surface area (Å²) in [5.74, 6) is 3.70. The molecule has 8 rings (SSSR count). The molecule has 46 heavy (non-hydrogen) atoms. The second kappa shape index (κ2) is 10.6. The van der Waals surface area contributed by atoms with Gasteiger partial charge in [-0.05, 0) is 115 Å². The van der Waals surface area contributed by atoms with Gasteiger partial charge in [0.1, 0.15) is 12.2 Å². The lowest BCUT2D eigenvalue weighted by Gasteiger charge is -2.63. The molecule has 2 saturated heterocycles. The number of aliphatic hydroxyl groups excluding tert-OH is 2. The fourth-order valence-electron chi connectivity index (χ4n) is 13.0. The van der Waals surface area contributed by atoms with E-state index in [1.807, 2.05) is 18.7 Å². The summed E-state index contributed by atoms with van der Waals surface area (Å²) in [4.78, 5) is 14.9. The molecule has 6 saturated carbocycles. The van der Waals surface area contributed by atoms with Crippen molar-refractivity contribution in [2.24, 2.45) is 56.7 Å². The van der Waals surface area contributed by atoms with Gasteiger partial charge in [-0.15, -0.1) is 0 Å². The minimum Gasteiger partial charge on any atom is -0.390 e.